The molecule has 0 spiro atoms. The molecule has 0 atom stereocenters. The van der Waals surface area contributed by atoms with E-state index in [1.807, 2.05) is 0 Å². The van der Waals surface area contributed by atoms with Gasteiger partial charge in [0.15, 0.2) is 5.82 Å². The SMILES string of the molecule is Cc1cc(O)cc(C(=O)Nc2cc(C(F)F)n(C)n2)c1. The van der Waals surface area contributed by atoms with E-state index in [2.05, 4.69) is 10.4 Å². The van der Waals surface area contributed by atoms with Crippen LogP contribution in [-0.4, -0.2) is 20.8 Å². The second-order valence-electron chi connectivity index (χ2n) is 4.39. The maximum Gasteiger partial charge on any atom is 0.280 e. The number of carbonyl (C=O) groups is 1. The number of amides is 1. The molecule has 1 aromatic heterocycles. The van der Waals surface area contributed by atoms with Gasteiger partial charge in [0.05, 0.1) is 0 Å². The molecular formula is C13H13F2N3O2. The number of carbonyl (C=O) groups excluding carboxylic acids is 1. The van der Waals surface area contributed by atoms with E-state index in [-0.39, 0.29) is 22.8 Å². The maximum atomic E-state index is 12.6. The lowest BCUT2D eigenvalue weighted by Crippen LogP contribution is -2.12. The number of phenolic OH excluding ortho intramolecular Hbond substituents is 1. The van der Waals surface area contributed by atoms with E-state index in [4.69, 9.17) is 0 Å². The lowest BCUT2D eigenvalue weighted by Gasteiger charge is -2.04. The summed E-state index contributed by atoms with van der Waals surface area (Å²) < 4.78 is 26.2. The lowest BCUT2D eigenvalue weighted by atomic mass is 10.1. The topological polar surface area (TPSA) is 67.2 Å². The van der Waals surface area contributed by atoms with Crippen molar-refractivity contribution in [2.45, 2.75) is 13.3 Å². The van der Waals surface area contributed by atoms with Crippen LogP contribution in [0.25, 0.3) is 0 Å². The fourth-order valence-corrected chi connectivity index (χ4v) is 1.83. The molecule has 20 heavy (non-hydrogen) atoms. The number of alkyl halides is 2. The molecule has 1 amide bonds. The van der Waals surface area contributed by atoms with E-state index in [0.29, 0.717) is 5.56 Å². The molecular weight excluding hydrogens is 268 g/mol. The predicted octanol–water partition coefficient (Wildman–Crippen LogP) is 2.62. The summed E-state index contributed by atoms with van der Waals surface area (Å²) in [7, 11) is 1.37. The predicted molar refractivity (Wildman–Crippen MR) is 69.0 cm³/mol. The van der Waals surface area contributed by atoms with E-state index in [1.165, 1.54) is 19.2 Å². The molecule has 2 aromatic rings. The van der Waals surface area contributed by atoms with Gasteiger partial charge in [-0.15, -0.1) is 0 Å². The highest BCUT2D eigenvalue weighted by Gasteiger charge is 2.16. The number of anilines is 1. The highest BCUT2D eigenvalue weighted by Crippen LogP contribution is 2.22. The van der Waals surface area contributed by atoms with Crippen molar-refractivity contribution in [1.29, 1.82) is 0 Å². The monoisotopic (exact) mass is 281 g/mol. The van der Waals surface area contributed by atoms with Crippen LogP contribution in [0.2, 0.25) is 0 Å². The number of nitrogens with one attached hydrogen (secondary N) is 1. The molecule has 0 saturated heterocycles. The summed E-state index contributed by atoms with van der Waals surface area (Å²) in [6.45, 7) is 1.73. The normalized spacial score (nSPS) is 10.8. The molecule has 0 bridgehead atoms. The third-order valence-electron chi connectivity index (χ3n) is 2.71. The number of aromatic nitrogens is 2. The Kier molecular flexibility index (Phi) is 3.69. The molecule has 0 aliphatic rings. The molecule has 1 heterocycles. The Balaban J connectivity index is 2.21. The van der Waals surface area contributed by atoms with E-state index >= 15 is 0 Å². The molecule has 106 valence electrons. The highest BCUT2D eigenvalue weighted by molar-refractivity contribution is 6.04. The van der Waals surface area contributed by atoms with Crippen molar-refractivity contribution in [3.05, 3.63) is 41.1 Å². The zero-order valence-electron chi connectivity index (χ0n) is 10.9. The zero-order chi connectivity index (χ0) is 14.9. The first kappa shape index (κ1) is 14.0. The Labute approximate surface area is 113 Å². The van der Waals surface area contributed by atoms with Crippen molar-refractivity contribution in [3.63, 3.8) is 0 Å². The van der Waals surface area contributed by atoms with Crippen LogP contribution in [0, 0.1) is 6.92 Å². The number of phenols is 1. The second kappa shape index (κ2) is 5.28. The fourth-order valence-electron chi connectivity index (χ4n) is 1.83. The van der Waals surface area contributed by atoms with Crippen LogP contribution >= 0.6 is 0 Å². The van der Waals surface area contributed by atoms with Gasteiger partial charge >= 0.3 is 0 Å². The molecule has 0 radical (unpaired) electrons. The number of aryl methyl sites for hydroxylation is 2. The van der Waals surface area contributed by atoms with Crippen LogP contribution in [0.3, 0.4) is 0 Å². The zero-order valence-corrected chi connectivity index (χ0v) is 10.9. The third-order valence-corrected chi connectivity index (χ3v) is 2.71. The van der Waals surface area contributed by atoms with Crippen LogP contribution in [0.15, 0.2) is 24.3 Å². The van der Waals surface area contributed by atoms with Gasteiger partial charge in [-0.3, -0.25) is 9.48 Å². The van der Waals surface area contributed by atoms with Gasteiger partial charge in [-0.25, -0.2) is 8.78 Å². The number of halogens is 2. The standard InChI is InChI=1S/C13H13F2N3O2/c1-7-3-8(5-9(19)4-7)13(20)16-11-6-10(12(14)15)18(2)17-11/h3-6,12,19H,1-2H3,(H,16,17,20). The second-order valence-corrected chi connectivity index (χ2v) is 4.39. The summed E-state index contributed by atoms with van der Waals surface area (Å²) in [6, 6.07) is 5.48. The van der Waals surface area contributed by atoms with Crippen molar-refractivity contribution >= 4 is 11.7 Å². The molecule has 0 aliphatic carbocycles. The Morgan fingerprint density at radius 2 is 2.05 bits per heavy atom. The molecule has 0 saturated carbocycles. The Bertz CT molecular complexity index is 633. The summed E-state index contributed by atoms with van der Waals surface area (Å²) >= 11 is 0. The van der Waals surface area contributed by atoms with Crippen LogP contribution in [0.1, 0.15) is 28.0 Å². The summed E-state index contributed by atoms with van der Waals surface area (Å²) in [4.78, 5) is 11.9. The highest BCUT2D eigenvalue weighted by atomic mass is 19.3. The average molecular weight is 281 g/mol. The van der Waals surface area contributed by atoms with Crippen molar-refractivity contribution in [2.24, 2.45) is 7.05 Å². The average Bonchev–Trinajstić information content (AvgIpc) is 2.69. The first-order valence-electron chi connectivity index (χ1n) is 5.81. The van der Waals surface area contributed by atoms with Gasteiger partial charge < -0.3 is 10.4 Å². The molecule has 5 nitrogen and oxygen atoms in total. The van der Waals surface area contributed by atoms with Crippen molar-refractivity contribution < 1.29 is 18.7 Å². The van der Waals surface area contributed by atoms with Gasteiger partial charge in [-0.1, -0.05) is 0 Å². The molecule has 0 unspecified atom stereocenters. The van der Waals surface area contributed by atoms with Crippen LogP contribution in [0.4, 0.5) is 14.6 Å². The van der Waals surface area contributed by atoms with Crippen LogP contribution in [-0.2, 0) is 7.05 Å². The van der Waals surface area contributed by atoms with Crippen molar-refractivity contribution in [2.75, 3.05) is 5.32 Å². The summed E-state index contributed by atoms with van der Waals surface area (Å²) in [5, 5.41) is 15.6. The first-order valence-corrected chi connectivity index (χ1v) is 5.81. The minimum atomic E-state index is -2.67. The van der Waals surface area contributed by atoms with Gasteiger partial charge in [0, 0.05) is 18.7 Å². The van der Waals surface area contributed by atoms with Gasteiger partial charge in [-0.05, 0) is 30.7 Å². The van der Waals surface area contributed by atoms with Crippen molar-refractivity contribution in [1.82, 2.24) is 9.78 Å². The van der Waals surface area contributed by atoms with Gasteiger partial charge in [0.25, 0.3) is 12.3 Å². The Hall–Kier alpha value is -2.44. The third kappa shape index (κ3) is 2.93. The molecule has 2 N–H and O–H groups in total. The van der Waals surface area contributed by atoms with Gasteiger partial charge in [-0.2, -0.15) is 5.10 Å². The van der Waals surface area contributed by atoms with Gasteiger partial charge in [0.1, 0.15) is 11.4 Å². The van der Waals surface area contributed by atoms with Crippen molar-refractivity contribution in [3.8, 4) is 5.75 Å². The number of hydrogen-bond acceptors (Lipinski definition) is 3. The number of hydrogen-bond donors (Lipinski definition) is 2. The maximum absolute atomic E-state index is 12.6. The first-order chi connectivity index (χ1) is 9.36. The lowest BCUT2D eigenvalue weighted by molar-refractivity contribution is 0.102. The quantitative estimate of drug-likeness (QED) is 0.908. The molecule has 7 heteroatoms. The van der Waals surface area contributed by atoms with Crippen LogP contribution in [0.5, 0.6) is 5.75 Å². The number of benzene rings is 1. The minimum Gasteiger partial charge on any atom is -0.508 e. The van der Waals surface area contributed by atoms with E-state index in [9.17, 15) is 18.7 Å². The number of aromatic hydroxyl groups is 1. The Morgan fingerprint density at radius 1 is 1.35 bits per heavy atom. The molecule has 0 aliphatic heterocycles. The van der Waals surface area contributed by atoms with Gasteiger partial charge in [0.2, 0.25) is 0 Å². The fraction of sp³-hybridized carbons (Fsp3) is 0.231. The smallest absolute Gasteiger partial charge is 0.280 e. The molecule has 1 aromatic carbocycles. The van der Waals surface area contributed by atoms with E-state index in [0.717, 1.165) is 10.7 Å². The van der Waals surface area contributed by atoms with E-state index in [1.54, 1.807) is 13.0 Å². The Morgan fingerprint density at radius 3 is 2.60 bits per heavy atom. The number of rotatable bonds is 3. The molecule has 2 rings (SSSR count). The largest absolute Gasteiger partial charge is 0.508 e. The summed E-state index contributed by atoms with van der Waals surface area (Å²) in [5.41, 5.74) is 0.656. The summed E-state index contributed by atoms with van der Waals surface area (Å²) in [6.07, 6.45) is -2.67. The minimum absolute atomic E-state index is 0.0359. The van der Waals surface area contributed by atoms with Crippen LogP contribution < -0.4 is 5.32 Å². The van der Waals surface area contributed by atoms with E-state index < -0.39 is 12.3 Å². The number of nitrogens with zero attached hydrogens (tertiary/aromatic N) is 2. The molecule has 0 fully saturated rings. The summed E-state index contributed by atoms with van der Waals surface area (Å²) in [5.74, 6) is -0.527.